The molecule has 0 heterocycles. The van der Waals surface area contributed by atoms with Gasteiger partial charge in [0.1, 0.15) is 23.4 Å². The Morgan fingerprint density at radius 1 is 1.05 bits per heavy atom. The molecule has 2 N–H and O–H groups in total. The zero-order valence-corrected chi connectivity index (χ0v) is 23.4. The molecule has 2 unspecified atom stereocenters. The topological polar surface area (TPSA) is 97.0 Å². The minimum absolute atomic E-state index is 0.0429. The first kappa shape index (κ1) is 30.0. The summed E-state index contributed by atoms with van der Waals surface area (Å²) in [6, 6.07) is 12.6. The SMILES string of the molecule is CCCCN(C(=O)C(CS)NC(=O)OC(C)(C)C)C(C(=O)Nc1ccc(OC)cc1)c1ccccc1C. The Labute approximate surface area is 225 Å². The van der Waals surface area contributed by atoms with Crippen LogP contribution in [0.4, 0.5) is 10.5 Å². The predicted octanol–water partition coefficient (Wildman–Crippen LogP) is 5.14. The minimum Gasteiger partial charge on any atom is -0.497 e. The molecular weight excluding hydrogens is 490 g/mol. The highest BCUT2D eigenvalue weighted by Gasteiger charge is 2.36. The average molecular weight is 530 g/mol. The fraction of sp³-hybridized carbons (Fsp3) is 0.464. The molecule has 0 spiro atoms. The van der Waals surface area contributed by atoms with Crippen molar-refractivity contribution in [1.82, 2.24) is 10.2 Å². The Balaban J connectivity index is 2.45. The number of thiol groups is 1. The van der Waals surface area contributed by atoms with Crippen LogP contribution >= 0.6 is 12.6 Å². The molecule has 0 bridgehead atoms. The van der Waals surface area contributed by atoms with Crippen molar-refractivity contribution in [3.05, 3.63) is 59.7 Å². The summed E-state index contributed by atoms with van der Waals surface area (Å²) in [5.74, 6) is -0.0639. The van der Waals surface area contributed by atoms with E-state index in [4.69, 9.17) is 9.47 Å². The van der Waals surface area contributed by atoms with Crippen LogP contribution in [0.15, 0.2) is 48.5 Å². The molecule has 9 heteroatoms. The van der Waals surface area contributed by atoms with Crippen LogP contribution in [-0.4, -0.2) is 53.9 Å². The number of methoxy groups -OCH3 is 1. The number of aryl methyl sites for hydroxylation is 1. The molecule has 0 aliphatic heterocycles. The van der Waals surface area contributed by atoms with Crippen LogP contribution in [-0.2, 0) is 14.3 Å². The Morgan fingerprint density at radius 2 is 1.70 bits per heavy atom. The number of nitrogens with one attached hydrogen (secondary N) is 2. The van der Waals surface area contributed by atoms with Gasteiger partial charge < -0.3 is 25.0 Å². The van der Waals surface area contributed by atoms with Crippen molar-refractivity contribution < 1.29 is 23.9 Å². The molecule has 37 heavy (non-hydrogen) atoms. The minimum atomic E-state index is -0.977. The lowest BCUT2D eigenvalue weighted by Crippen LogP contribution is -2.53. The Kier molecular flexibility index (Phi) is 11.3. The van der Waals surface area contributed by atoms with Gasteiger partial charge in [-0.2, -0.15) is 12.6 Å². The fourth-order valence-corrected chi connectivity index (χ4v) is 4.01. The van der Waals surface area contributed by atoms with Gasteiger partial charge in [0.15, 0.2) is 0 Å². The zero-order valence-electron chi connectivity index (χ0n) is 22.5. The number of alkyl carbamates (subject to hydrolysis) is 1. The molecule has 0 fully saturated rings. The third kappa shape index (κ3) is 9.00. The standard InChI is InChI=1S/C28H39N3O5S/c1-7-8-17-31(26(33)23(18-37)30-27(34)36-28(3,4)5)24(22-12-10-9-11-19(22)2)25(32)29-20-13-15-21(35-6)16-14-20/h9-16,23-24,37H,7-8,17-18H2,1-6H3,(H,29,32)(H,30,34). The van der Waals surface area contributed by atoms with Crippen LogP contribution in [0.3, 0.4) is 0 Å². The number of hydrogen-bond donors (Lipinski definition) is 3. The van der Waals surface area contributed by atoms with Gasteiger partial charge in [0.2, 0.25) is 5.91 Å². The van der Waals surface area contributed by atoms with Gasteiger partial charge in [-0.05, 0) is 69.5 Å². The molecule has 0 aliphatic rings. The Bertz CT molecular complexity index is 1050. The third-order valence-electron chi connectivity index (χ3n) is 5.61. The van der Waals surface area contributed by atoms with Crippen molar-refractivity contribution in [3.63, 3.8) is 0 Å². The first-order valence-electron chi connectivity index (χ1n) is 12.4. The maximum Gasteiger partial charge on any atom is 0.408 e. The second-order valence-electron chi connectivity index (χ2n) is 9.74. The molecule has 8 nitrogen and oxygen atoms in total. The van der Waals surface area contributed by atoms with Crippen LogP contribution in [0.1, 0.15) is 57.7 Å². The van der Waals surface area contributed by atoms with Gasteiger partial charge in [0.05, 0.1) is 7.11 Å². The molecule has 2 rings (SSSR count). The second kappa shape index (κ2) is 13.9. The molecule has 0 saturated heterocycles. The molecular formula is C28H39N3O5S. The third-order valence-corrected chi connectivity index (χ3v) is 5.97. The zero-order chi connectivity index (χ0) is 27.6. The number of nitrogens with zero attached hydrogens (tertiary/aromatic N) is 1. The van der Waals surface area contributed by atoms with E-state index in [9.17, 15) is 14.4 Å². The van der Waals surface area contributed by atoms with E-state index in [1.165, 1.54) is 4.90 Å². The maximum atomic E-state index is 13.9. The number of unbranched alkanes of at least 4 members (excludes halogenated alkanes) is 1. The van der Waals surface area contributed by atoms with Crippen molar-refractivity contribution >= 4 is 36.2 Å². The number of benzene rings is 2. The number of ether oxygens (including phenoxy) is 2. The van der Waals surface area contributed by atoms with Gasteiger partial charge in [-0.3, -0.25) is 9.59 Å². The Morgan fingerprint density at radius 3 is 2.24 bits per heavy atom. The molecule has 0 aromatic heterocycles. The first-order chi connectivity index (χ1) is 17.5. The van der Waals surface area contributed by atoms with E-state index in [1.54, 1.807) is 52.1 Å². The smallest absolute Gasteiger partial charge is 0.408 e. The van der Waals surface area contributed by atoms with E-state index >= 15 is 0 Å². The van der Waals surface area contributed by atoms with Crippen LogP contribution in [0.25, 0.3) is 0 Å². The van der Waals surface area contributed by atoms with Crippen LogP contribution in [0.5, 0.6) is 5.75 Å². The molecule has 3 amide bonds. The molecule has 202 valence electrons. The summed E-state index contributed by atoms with van der Waals surface area (Å²) in [5, 5.41) is 5.57. The summed E-state index contributed by atoms with van der Waals surface area (Å²) in [7, 11) is 1.57. The van der Waals surface area contributed by atoms with Gasteiger partial charge in [-0.1, -0.05) is 37.6 Å². The second-order valence-corrected chi connectivity index (χ2v) is 10.1. The monoisotopic (exact) mass is 529 g/mol. The number of anilines is 1. The fourth-order valence-electron chi connectivity index (χ4n) is 3.76. The van der Waals surface area contributed by atoms with Gasteiger partial charge >= 0.3 is 6.09 Å². The van der Waals surface area contributed by atoms with E-state index < -0.39 is 29.7 Å². The van der Waals surface area contributed by atoms with Crippen molar-refractivity contribution in [2.24, 2.45) is 0 Å². The lowest BCUT2D eigenvalue weighted by molar-refractivity contribution is -0.140. The molecule has 0 saturated carbocycles. The van der Waals surface area contributed by atoms with E-state index in [0.29, 0.717) is 30.0 Å². The van der Waals surface area contributed by atoms with Gasteiger partial charge in [-0.15, -0.1) is 0 Å². The number of amides is 3. The summed E-state index contributed by atoms with van der Waals surface area (Å²) in [6.07, 6.45) is 0.774. The quantitative estimate of drug-likeness (QED) is 0.351. The van der Waals surface area contributed by atoms with E-state index in [1.807, 2.05) is 38.1 Å². The lowest BCUT2D eigenvalue weighted by atomic mass is 9.97. The number of rotatable bonds is 11. The highest BCUT2D eigenvalue weighted by atomic mass is 32.1. The number of carbonyl (C=O) groups is 3. The predicted molar refractivity (Wildman–Crippen MR) is 149 cm³/mol. The van der Waals surface area contributed by atoms with E-state index in [0.717, 1.165) is 12.0 Å². The normalized spacial score (nSPS) is 12.7. The molecule has 2 atom stereocenters. The summed E-state index contributed by atoms with van der Waals surface area (Å²) >= 11 is 4.32. The molecule has 2 aromatic rings. The van der Waals surface area contributed by atoms with E-state index in [-0.39, 0.29) is 11.7 Å². The van der Waals surface area contributed by atoms with Crippen molar-refractivity contribution in [3.8, 4) is 5.75 Å². The molecule has 2 aromatic carbocycles. The first-order valence-corrected chi connectivity index (χ1v) is 13.0. The lowest BCUT2D eigenvalue weighted by Gasteiger charge is -2.34. The average Bonchev–Trinajstić information content (AvgIpc) is 2.84. The maximum absolute atomic E-state index is 13.9. The Hall–Kier alpha value is -3.20. The largest absolute Gasteiger partial charge is 0.497 e. The summed E-state index contributed by atoms with van der Waals surface area (Å²) in [4.78, 5) is 41.6. The van der Waals surface area contributed by atoms with Gasteiger partial charge in [0, 0.05) is 18.0 Å². The van der Waals surface area contributed by atoms with Crippen LogP contribution in [0.2, 0.25) is 0 Å². The van der Waals surface area contributed by atoms with Gasteiger partial charge in [-0.25, -0.2) is 4.79 Å². The molecule has 0 aliphatic carbocycles. The molecule has 0 radical (unpaired) electrons. The highest BCUT2D eigenvalue weighted by molar-refractivity contribution is 7.80. The van der Waals surface area contributed by atoms with E-state index in [2.05, 4.69) is 23.3 Å². The van der Waals surface area contributed by atoms with Crippen LogP contribution < -0.4 is 15.4 Å². The van der Waals surface area contributed by atoms with Gasteiger partial charge in [0.25, 0.3) is 5.91 Å². The highest BCUT2D eigenvalue weighted by Crippen LogP contribution is 2.28. The summed E-state index contributed by atoms with van der Waals surface area (Å²) in [6.45, 7) is 9.48. The number of hydrogen-bond acceptors (Lipinski definition) is 6. The van der Waals surface area contributed by atoms with Crippen molar-refractivity contribution in [2.75, 3.05) is 24.7 Å². The summed E-state index contributed by atoms with van der Waals surface area (Å²) < 4.78 is 10.5. The van der Waals surface area contributed by atoms with Crippen molar-refractivity contribution in [1.29, 1.82) is 0 Å². The number of carbonyl (C=O) groups excluding carboxylic acids is 3. The summed E-state index contributed by atoms with van der Waals surface area (Å²) in [5.41, 5.74) is 1.42. The van der Waals surface area contributed by atoms with Crippen LogP contribution in [0, 0.1) is 6.92 Å². The van der Waals surface area contributed by atoms with Crippen molar-refractivity contribution in [2.45, 2.75) is 65.1 Å².